The van der Waals surface area contributed by atoms with E-state index in [1.165, 1.54) is 12.2 Å². The Morgan fingerprint density at radius 2 is 1.74 bits per heavy atom. The Kier molecular flexibility index (Phi) is 2.88. The lowest BCUT2D eigenvalue weighted by Gasteiger charge is -2.07. The van der Waals surface area contributed by atoms with Crippen molar-refractivity contribution in [3.8, 4) is 10.6 Å². The summed E-state index contributed by atoms with van der Waals surface area (Å²) >= 11 is 7.21. The van der Waals surface area contributed by atoms with Gasteiger partial charge in [-0.15, -0.1) is 10.2 Å². The summed E-state index contributed by atoms with van der Waals surface area (Å²) in [7, 11) is 0. The maximum atomic E-state index is 11.5. The number of aromatic nitrogens is 2. The van der Waals surface area contributed by atoms with E-state index in [0.717, 1.165) is 21.8 Å². The number of benzene rings is 1. The Hall–Kier alpha value is -2.05. The molecule has 0 saturated heterocycles. The molecule has 0 radical (unpaired) electrons. The van der Waals surface area contributed by atoms with Gasteiger partial charge in [0, 0.05) is 17.7 Å². The minimum absolute atomic E-state index is 0.245. The van der Waals surface area contributed by atoms with Crippen molar-refractivity contribution in [2.24, 2.45) is 0 Å². The summed E-state index contributed by atoms with van der Waals surface area (Å²) in [5, 5.41) is 9.19. The van der Waals surface area contributed by atoms with Crippen LogP contribution in [0.2, 0.25) is 5.02 Å². The second kappa shape index (κ2) is 4.56. The van der Waals surface area contributed by atoms with Crippen LogP contribution in [-0.2, 0) is 9.59 Å². The van der Waals surface area contributed by atoms with Gasteiger partial charge in [-0.1, -0.05) is 41.1 Å². The van der Waals surface area contributed by atoms with Crippen LogP contribution < -0.4 is 4.90 Å². The predicted octanol–water partition coefficient (Wildman–Crippen LogP) is 2.29. The van der Waals surface area contributed by atoms with Crippen LogP contribution in [0.15, 0.2) is 36.4 Å². The number of rotatable bonds is 2. The van der Waals surface area contributed by atoms with E-state index >= 15 is 0 Å². The van der Waals surface area contributed by atoms with Crippen LogP contribution in [0.1, 0.15) is 0 Å². The van der Waals surface area contributed by atoms with Gasteiger partial charge in [0.1, 0.15) is 0 Å². The number of hydrogen-bond donors (Lipinski definition) is 0. The number of carbonyl (C=O) groups excluding carboxylic acids is 2. The Labute approximate surface area is 117 Å². The molecule has 0 N–H and O–H groups in total. The molecule has 1 aromatic carbocycles. The maximum Gasteiger partial charge on any atom is 0.260 e. The zero-order valence-corrected chi connectivity index (χ0v) is 11.0. The van der Waals surface area contributed by atoms with Crippen LogP contribution >= 0.6 is 22.9 Å². The molecule has 1 aromatic heterocycles. The average Bonchev–Trinajstić information content (AvgIpc) is 2.97. The Balaban J connectivity index is 1.99. The highest BCUT2D eigenvalue weighted by atomic mass is 35.5. The molecule has 1 aliphatic heterocycles. The number of hydrogen-bond acceptors (Lipinski definition) is 5. The van der Waals surface area contributed by atoms with Crippen molar-refractivity contribution in [2.45, 2.75) is 0 Å². The lowest BCUT2D eigenvalue weighted by Crippen LogP contribution is -2.29. The first kappa shape index (κ1) is 12.0. The maximum absolute atomic E-state index is 11.5. The highest BCUT2D eigenvalue weighted by Crippen LogP contribution is 2.33. The Morgan fingerprint density at radius 3 is 2.42 bits per heavy atom. The molecule has 0 spiro atoms. The summed E-state index contributed by atoms with van der Waals surface area (Å²) in [6.45, 7) is 0. The Bertz CT molecular complexity index is 693. The molecule has 0 atom stereocenters. The SMILES string of the molecule is O=C1C=CC(=O)N1c1nnc(-c2ccccc2Cl)s1. The first-order valence-corrected chi connectivity index (χ1v) is 6.51. The lowest BCUT2D eigenvalue weighted by molar-refractivity contribution is -0.119. The Morgan fingerprint density at radius 1 is 1.05 bits per heavy atom. The molecule has 5 nitrogen and oxygen atoms in total. The smallest absolute Gasteiger partial charge is 0.260 e. The first-order chi connectivity index (χ1) is 9.16. The topological polar surface area (TPSA) is 63.2 Å². The van der Waals surface area contributed by atoms with Gasteiger partial charge in [-0.05, 0) is 6.07 Å². The highest BCUT2D eigenvalue weighted by molar-refractivity contribution is 7.19. The summed E-state index contributed by atoms with van der Waals surface area (Å²) < 4.78 is 0. The van der Waals surface area contributed by atoms with Crippen LogP contribution in [-0.4, -0.2) is 22.0 Å². The summed E-state index contributed by atoms with van der Waals surface area (Å²) in [5.74, 6) is -0.821. The van der Waals surface area contributed by atoms with Crippen molar-refractivity contribution in [3.05, 3.63) is 41.4 Å². The van der Waals surface area contributed by atoms with E-state index in [2.05, 4.69) is 10.2 Å². The fourth-order valence-corrected chi connectivity index (χ4v) is 2.81. The summed E-state index contributed by atoms with van der Waals surface area (Å²) in [6.07, 6.45) is 2.41. The van der Waals surface area contributed by atoms with E-state index in [1.807, 2.05) is 12.1 Å². The van der Waals surface area contributed by atoms with Crippen LogP contribution in [0.3, 0.4) is 0 Å². The molecule has 2 heterocycles. The van der Waals surface area contributed by atoms with Crippen molar-refractivity contribution in [3.63, 3.8) is 0 Å². The van der Waals surface area contributed by atoms with Crippen LogP contribution in [0.25, 0.3) is 10.6 Å². The molecular formula is C12H6ClN3O2S. The van der Waals surface area contributed by atoms with Gasteiger partial charge in [0.05, 0.1) is 5.02 Å². The molecule has 7 heteroatoms. The minimum atomic E-state index is -0.410. The minimum Gasteiger partial charge on any atom is -0.269 e. The molecule has 0 saturated carbocycles. The summed E-state index contributed by atoms with van der Waals surface area (Å²) in [5.41, 5.74) is 0.722. The van der Waals surface area contributed by atoms with Crippen molar-refractivity contribution < 1.29 is 9.59 Å². The van der Waals surface area contributed by atoms with Gasteiger partial charge in [0.15, 0.2) is 5.01 Å². The third-order valence-corrected chi connectivity index (χ3v) is 3.79. The van der Waals surface area contributed by atoms with Crippen LogP contribution in [0.4, 0.5) is 5.13 Å². The van der Waals surface area contributed by atoms with Gasteiger partial charge in [-0.2, -0.15) is 0 Å². The largest absolute Gasteiger partial charge is 0.269 e. The normalized spacial score (nSPS) is 14.5. The lowest BCUT2D eigenvalue weighted by atomic mass is 10.2. The van der Waals surface area contributed by atoms with E-state index in [0.29, 0.717) is 10.0 Å². The molecule has 2 aromatic rings. The molecule has 1 aliphatic rings. The van der Waals surface area contributed by atoms with E-state index in [9.17, 15) is 9.59 Å². The van der Waals surface area contributed by atoms with Crippen molar-refractivity contribution >= 4 is 39.9 Å². The molecule has 94 valence electrons. The van der Waals surface area contributed by atoms with E-state index < -0.39 is 11.8 Å². The predicted molar refractivity (Wildman–Crippen MR) is 72.0 cm³/mol. The quantitative estimate of drug-likeness (QED) is 0.796. The number of halogens is 1. The molecular weight excluding hydrogens is 286 g/mol. The number of nitrogens with zero attached hydrogens (tertiary/aromatic N) is 3. The van der Waals surface area contributed by atoms with Gasteiger partial charge in [0.2, 0.25) is 5.13 Å². The number of imide groups is 1. The average molecular weight is 292 g/mol. The highest BCUT2D eigenvalue weighted by Gasteiger charge is 2.28. The van der Waals surface area contributed by atoms with Gasteiger partial charge >= 0.3 is 0 Å². The van der Waals surface area contributed by atoms with Crippen molar-refractivity contribution in [1.29, 1.82) is 0 Å². The number of anilines is 1. The van der Waals surface area contributed by atoms with E-state index in [4.69, 9.17) is 11.6 Å². The zero-order chi connectivity index (χ0) is 13.4. The van der Waals surface area contributed by atoms with Gasteiger partial charge in [0.25, 0.3) is 11.8 Å². The molecule has 0 unspecified atom stereocenters. The van der Waals surface area contributed by atoms with Gasteiger partial charge in [-0.3, -0.25) is 9.59 Å². The molecule has 0 aliphatic carbocycles. The molecule has 2 amide bonds. The fourth-order valence-electron chi connectivity index (χ4n) is 1.64. The zero-order valence-electron chi connectivity index (χ0n) is 9.41. The van der Waals surface area contributed by atoms with Crippen LogP contribution in [0, 0.1) is 0 Å². The van der Waals surface area contributed by atoms with E-state index in [-0.39, 0.29) is 5.13 Å². The standard InChI is InChI=1S/C12H6ClN3O2S/c13-8-4-2-1-3-7(8)11-14-15-12(19-11)16-9(17)5-6-10(16)18/h1-6H. The third-order valence-electron chi connectivity index (χ3n) is 2.52. The first-order valence-electron chi connectivity index (χ1n) is 5.31. The van der Waals surface area contributed by atoms with Crippen molar-refractivity contribution in [2.75, 3.05) is 4.90 Å². The second-order valence-corrected chi connectivity index (χ2v) is 5.08. The van der Waals surface area contributed by atoms with Crippen LogP contribution in [0.5, 0.6) is 0 Å². The summed E-state index contributed by atoms with van der Waals surface area (Å²) in [6, 6.07) is 7.19. The molecule has 0 bridgehead atoms. The fraction of sp³-hybridized carbons (Fsp3) is 0. The number of amides is 2. The van der Waals surface area contributed by atoms with Gasteiger partial charge < -0.3 is 0 Å². The van der Waals surface area contributed by atoms with E-state index in [1.54, 1.807) is 12.1 Å². The summed E-state index contributed by atoms with van der Waals surface area (Å²) in [4.78, 5) is 24.0. The van der Waals surface area contributed by atoms with Crippen molar-refractivity contribution in [1.82, 2.24) is 10.2 Å². The second-order valence-electron chi connectivity index (χ2n) is 3.71. The monoisotopic (exact) mass is 291 g/mol. The third kappa shape index (κ3) is 2.05. The number of carbonyl (C=O) groups is 2. The molecule has 0 fully saturated rings. The van der Waals surface area contributed by atoms with Gasteiger partial charge in [-0.25, -0.2) is 4.90 Å². The molecule has 19 heavy (non-hydrogen) atoms. The molecule has 3 rings (SSSR count).